The van der Waals surface area contributed by atoms with E-state index in [1.807, 2.05) is 27.7 Å². The molecule has 0 fully saturated rings. The molecule has 0 spiro atoms. The van der Waals surface area contributed by atoms with Crippen LogP contribution >= 0.6 is 23.2 Å². The van der Waals surface area contributed by atoms with Crippen LogP contribution in [0.15, 0.2) is 42.5 Å². The van der Waals surface area contributed by atoms with Crippen molar-refractivity contribution in [2.75, 3.05) is 0 Å². The standard InChI is InChI=1S/C23H27Cl2FN2O2/c1-5-20(22(30)27-23(2,3)4)28(14-16-8-9-17(24)13-19(16)25)21(29)12-15-6-10-18(26)11-7-15/h6-11,13,20H,5,12,14H2,1-4H3,(H,27,30)/t20-/m0/s1. The summed E-state index contributed by atoms with van der Waals surface area (Å²) >= 11 is 12.3. The Morgan fingerprint density at radius 2 is 1.73 bits per heavy atom. The van der Waals surface area contributed by atoms with Crippen LogP contribution in [0.2, 0.25) is 10.0 Å². The zero-order valence-corrected chi connectivity index (χ0v) is 19.1. The molecule has 0 aliphatic rings. The van der Waals surface area contributed by atoms with Crippen molar-refractivity contribution in [1.82, 2.24) is 10.2 Å². The zero-order chi connectivity index (χ0) is 22.5. The van der Waals surface area contributed by atoms with Crippen molar-refractivity contribution >= 4 is 35.0 Å². The second-order valence-electron chi connectivity index (χ2n) is 8.22. The topological polar surface area (TPSA) is 49.4 Å². The molecule has 0 aliphatic heterocycles. The van der Waals surface area contributed by atoms with E-state index in [1.165, 1.54) is 17.0 Å². The lowest BCUT2D eigenvalue weighted by atomic mass is 10.0. The SMILES string of the molecule is CC[C@@H](C(=O)NC(C)(C)C)N(Cc1ccc(Cl)cc1Cl)C(=O)Cc1ccc(F)cc1. The van der Waals surface area contributed by atoms with Crippen LogP contribution in [0.25, 0.3) is 0 Å². The Morgan fingerprint density at radius 1 is 1.10 bits per heavy atom. The fourth-order valence-corrected chi connectivity index (χ4v) is 3.55. The van der Waals surface area contributed by atoms with Gasteiger partial charge in [0.1, 0.15) is 11.9 Å². The lowest BCUT2D eigenvalue weighted by Gasteiger charge is -2.33. The Labute approximate surface area is 187 Å². The molecule has 2 aromatic carbocycles. The number of hydrogen-bond acceptors (Lipinski definition) is 2. The van der Waals surface area contributed by atoms with E-state index < -0.39 is 11.6 Å². The quantitative estimate of drug-likeness (QED) is 0.611. The van der Waals surface area contributed by atoms with Gasteiger partial charge in [0, 0.05) is 22.1 Å². The summed E-state index contributed by atoms with van der Waals surface area (Å²) in [6, 6.07) is 10.1. The smallest absolute Gasteiger partial charge is 0.243 e. The molecule has 0 unspecified atom stereocenters. The van der Waals surface area contributed by atoms with Crippen molar-refractivity contribution < 1.29 is 14.0 Å². The molecule has 0 saturated carbocycles. The van der Waals surface area contributed by atoms with Crippen molar-refractivity contribution in [3.63, 3.8) is 0 Å². The van der Waals surface area contributed by atoms with Gasteiger partial charge in [0.2, 0.25) is 11.8 Å². The summed E-state index contributed by atoms with van der Waals surface area (Å²) in [6.07, 6.45) is 0.479. The summed E-state index contributed by atoms with van der Waals surface area (Å²) in [5, 5.41) is 3.87. The minimum atomic E-state index is -0.677. The molecule has 2 rings (SSSR count). The number of halogens is 3. The molecule has 2 amide bonds. The zero-order valence-electron chi connectivity index (χ0n) is 17.6. The van der Waals surface area contributed by atoms with Gasteiger partial charge in [-0.15, -0.1) is 0 Å². The van der Waals surface area contributed by atoms with Gasteiger partial charge in [-0.1, -0.05) is 48.3 Å². The lowest BCUT2D eigenvalue weighted by molar-refractivity contribution is -0.141. The summed E-state index contributed by atoms with van der Waals surface area (Å²) in [6.45, 7) is 7.68. The van der Waals surface area contributed by atoms with E-state index in [2.05, 4.69) is 5.32 Å². The molecule has 4 nitrogen and oxygen atoms in total. The second kappa shape index (κ2) is 10.3. The highest BCUT2D eigenvalue weighted by Gasteiger charge is 2.31. The molecular weight excluding hydrogens is 426 g/mol. The fourth-order valence-electron chi connectivity index (χ4n) is 3.08. The third-order valence-corrected chi connectivity index (χ3v) is 5.10. The number of carbonyl (C=O) groups is 2. The number of carbonyl (C=O) groups excluding carboxylic acids is 2. The van der Waals surface area contributed by atoms with Crippen LogP contribution in [0.1, 0.15) is 45.2 Å². The van der Waals surface area contributed by atoms with Crippen molar-refractivity contribution in [3.8, 4) is 0 Å². The third-order valence-electron chi connectivity index (χ3n) is 4.51. The minimum absolute atomic E-state index is 0.0464. The highest BCUT2D eigenvalue weighted by molar-refractivity contribution is 6.35. The van der Waals surface area contributed by atoms with E-state index in [9.17, 15) is 14.0 Å². The van der Waals surface area contributed by atoms with Crippen LogP contribution < -0.4 is 5.32 Å². The number of amides is 2. The van der Waals surface area contributed by atoms with E-state index in [0.29, 0.717) is 27.6 Å². The first-order chi connectivity index (χ1) is 14.0. The summed E-state index contributed by atoms with van der Waals surface area (Å²) in [5.41, 5.74) is 0.920. The fraction of sp³-hybridized carbons (Fsp3) is 0.391. The lowest BCUT2D eigenvalue weighted by Crippen LogP contribution is -2.53. The predicted octanol–water partition coefficient (Wildman–Crippen LogP) is 5.40. The Hall–Kier alpha value is -2.11. The molecule has 0 saturated heterocycles. The van der Waals surface area contributed by atoms with Crippen molar-refractivity contribution in [1.29, 1.82) is 0 Å². The summed E-state index contributed by atoms with van der Waals surface area (Å²) in [5.74, 6) is -0.849. The maximum atomic E-state index is 13.2. The Balaban J connectivity index is 2.35. The Kier molecular flexibility index (Phi) is 8.27. The summed E-state index contributed by atoms with van der Waals surface area (Å²) in [7, 11) is 0. The van der Waals surface area contributed by atoms with Gasteiger partial charge in [-0.25, -0.2) is 4.39 Å². The van der Waals surface area contributed by atoms with E-state index in [1.54, 1.807) is 30.3 Å². The Morgan fingerprint density at radius 3 is 2.27 bits per heavy atom. The monoisotopic (exact) mass is 452 g/mol. The molecule has 2 aromatic rings. The van der Waals surface area contributed by atoms with Crippen LogP contribution in [0.3, 0.4) is 0 Å². The molecule has 0 aliphatic carbocycles. The normalized spacial score (nSPS) is 12.4. The van der Waals surface area contributed by atoms with Crippen LogP contribution in [-0.2, 0) is 22.6 Å². The van der Waals surface area contributed by atoms with Gasteiger partial charge in [0.05, 0.1) is 6.42 Å². The number of nitrogens with zero attached hydrogens (tertiary/aromatic N) is 1. The summed E-state index contributed by atoms with van der Waals surface area (Å²) in [4.78, 5) is 27.7. The van der Waals surface area contributed by atoms with Gasteiger partial charge in [0.25, 0.3) is 0 Å². The van der Waals surface area contributed by atoms with Crippen LogP contribution in [-0.4, -0.2) is 28.3 Å². The minimum Gasteiger partial charge on any atom is -0.350 e. The molecule has 1 atom stereocenters. The van der Waals surface area contributed by atoms with Crippen LogP contribution in [0.4, 0.5) is 4.39 Å². The molecule has 162 valence electrons. The molecule has 0 radical (unpaired) electrons. The van der Waals surface area contributed by atoms with Crippen LogP contribution in [0.5, 0.6) is 0 Å². The number of rotatable bonds is 7. The molecule has 0 aromatic heterocycles. The molecule has 0 heterocycles. The summed E-state index contributed by atoms with van der Waals surface area (Å²) < 4.78 is 13.2. The van der Waals surface area contributed by atoms with Gasteiger partial charge in [0.15, 0.2) is 0 Å². The Bertz CT molecular complexity index is 895. The van der Waals surface area contributed by atoms with Crippen molar-refractivity contribution in [2.45, 2.75) is 58.7 Å². The number of nitrogens with one attached hydrogen (secondary N) is 1. The van der Waals surface area contributed by atoms with Gasteiger partial charge < -0.3 is 10.2 Å². The first-order valence-corrected chi connectivity index (χ1v) is 10.6. The molecule has 1 N–H and O–H groups in total. The average Bonchev–Trinajstić information content (AvgIpc) is 2.63. The van der Waals surface area contributed by atoms with E-state index in [4.69, 9.17) is 23.2 Å². The van der Waals surface area contributed by atoms with Gasteiger partial charge in [-0.05, 0) is 62.6 Å². The van der Waals surface area contributed by atoms with Crippen LogP contribution in [0, 0.1) is 5.82 Å². The van der Waals surface area contributed by atoms with Gasteiger partial charge in [-0.2, -0.15) is 0 Å². The molecule has 30 heavy (non-hydrogen) atoms. The highest BCUT2D eigenvalue weighted by atomic mass is 35.5. The number of hydrogen-bond donors (Lipinski definition) is 1. The first-order valence-electron chi connectivity index (χ1n) is 9.80. The van der Waals surface area contributed by atoms with Gasteiger partial charge in [-0.3, -0.25) is 9.59 Å². The van der Waals surface area contributed by atoms with E-state index in [0.717, 1.165) is 0 Å². The van der Waals surface area contributed by atoms with Gasteiger partial charge >= 0.3 is 0 Å². The molecular formula is C23H27Cl2FN2O2. The highest BCUT2D eigenvalue weighted by Crippen LogP contribution is 2.24. The molecule has 0 bridgehead atoms. The first kappa shape index (κ1) is 24.2. The maximum absolute atomic E-state index is 13.2. The van der Waals surface area contributed by atoms with E-state index in [-0.39, 0.29) is 30.6 Å². The molecule has 7 heteroatoms. The maximum Gasteiger partial charge on any atom is 0.243 e. The number of benzene rings is 2. The predicted molar refractivity (Wildman–Crippen MR) is 119 cm³/mol. The van der Waals surface area contributed by atoms with Crippen molar-refractivity contribution in [3.05, 3.63) is 69.5 Å². The second-order valence-corrected chi connectivity index (χ2v) is 9.07. The third kappa shape index (κ3) is 6.99. The van der Waals surface area contributed by atoms with E-state index >= 15 is 0 Å². The largest absolute Gasteiger partial charge is 0.350 e. The van der Waals surface area contributed by atoms with Crippen molar-refractivity contribution in [2.24, 2.45) is 0 Å². The average molecular weight is 453 g/mol.